The van der Waals surface area contributed by atoms with Crippen molar-refractivity contribution in [2.75, 3.05) is 11.1 Å². The van der Waals surface area contributed by atoms with E-state index in [-0.39, 0.29) is 5.91 Å². The van der Waals surface area contributed by atoms with E-state index in [0.29, 0.717) is 5.56 Å². The number of carbonyl (C=O) groups is 1. The van der Waals surface area contributed by atoms with Gasteiger partial charge in [0.15, 0.2) is 0 Å². The van der Waals surface area contributed by atoms with Crippen LogP contribution < -0.4 is 11.1 Å². The van der Waals surface area contributed by atoms with Crippen molar-refractivity contribution >= 4 is 17.3 Å². The minimum Gasteiger partial charge on any atom is -0.399 e. The van der Waals surface area contributed by atoms with E-state index in [4.69, 9.17) is 5.73 Å². The Morgan fingerprint density at radius 2 is 1.95 bits per heavy atom. The number of nitrogens with two attached hydrogens (primary N) is 1. The standard InChI is InChI=1S/C14H18N4O/c1-8-6-13(9(2)5-12(8)15)17-14(19)11-7-16-18(4)10(11)3/h5-7H,15H2,1-4H3,(H,17,19). The molecule has 1 aromatic carbocycles. The van der Waals surface area contributed by atoms with Crippen LogP contribution in [0.2, 0.25) is 0 Å². The predicted molar refractivity (Wildman–Crippen MR) is 76.2 cm³/mol. The van der Waals surface area contributed by atoms with E-state index >= 15 is 0 Å². The zero-order chi connectivity index (χ0) is 14.2. The van der Waals surface area contributed by atoms with E-state index in [1.807, 2.05) is 40.0 Å². The number of rotatable bonds is 2. The highest BCUT2D eigenvalue weighted by Gasteiger charge is 2.14. The number of hydrogen-bond donors (Lipinski definition) is 2. The van der Waals surface area contributed by atoms with E-state index in [2.05, 4.69) is 10.4 Å². The van der Waals surface area contributed by atoms with Gasteiger partial charge in [-0.3, -0.25) is 9.48 Å². The minimum absolute atomic E-state index is 0.155. The number of amides is 1. The highest BCUT2D eigenvalue weighted by molar-refractivity contribution is 6.05. The SMILES string of the molecule is Cc1cc(NC(=O)c2cnn(C)c2C)c(C)cc1N. The Morgan fingerprint density at radius 1 is 1.26 bits per heavy atom. The van der Waals surface area contributed by atoms with Crippen LogP contribution in [0.15, 0.2) is 18.3 Å². The molecule has 0 aliphatic carbocycles. The van der Waals surface area contributed by atoms with Crippen molar-refractivity contribution in [1.29, 1.82) is 0 Å². The van der Waals surface area contributed by atoms with Gasteiger partial charge >= 0.3 is 0 Å². The lowest BCUT2D eigenvalue weighted by Gasteiger charge is -2.11. The van der Waals surface area contributed by atoms with E-state index in [1.165, 1.54) is 0 Å². The summed E-state index contributed by atoms with van der Waals surface area (Å²) in [4.78, 5) is 12.2. The van der Waals surface area contributed by atoms with Crippen molar-refractivity contribution < 1.29 is 4.79 Å². The van der Waals surface area contributed by atoms with Crippen molar-refractivity contribution in [2.45, 2.75) is 20.8 Å². The van der Waals surface area contributed by atoms with Crippen molar-refractivity contribution in [3.05, 3.63) is 40.7 Å². The average Bonchev–Trinajstić information content (AvgIpc) is 2.67. The van der Waals surface area contributed by atoms with Crippen LogP contribution in [0.5, 0.6) is 0 Å². The first-order valence-electron chi connectivity index (χ1n) is 6.07. The van der Waals surface area contributed by atoms with Gasteiger partial charge < -0.3 is 11.1 Å². The van der Waals surface area contributed by atoms with Crippen LogP contribution >= 0.6 is 0 Å². The summed E-state index contributed by atoms with van der Waals surface area (Å²) < 4.78 is 1.68. The quantitative estimate of drug-likeness (QED) is 0.811. The molecule has 1 heterocycles. The smallest absolute Gasteiger partial charge is 0.259 e. The third kappa shape index (κ3) is 2.45. The first-order chi connectivity index (χ1) is 8.90. The maximum Gasteiger partial charge on any atom is 0.259 e. The van der Waals surface area contributed by atoms with Crippen LogP contribution in [0.25, 0.3) is 0 Å². The Balaban J connectivity index is 2.29. The Morgan fingerprint density at radius 3 is 2.53 bits per heavy atom. The lowest BCUT2D eigenvalue weighted by atomic mass is 10.1. The number of carbonyl (C=O) groups excluding carboxylic acids is 1. The fourth-order valence-electron chi connectivity index (χ4n) is 1.88. The predicted octanol–water partition coefficient (Wildman–Crippen LogP) is 2.18. The third-order valence-electron chi connectivity index (χ3n) is 3.34. The number of aromatic nitrogens is 2. The summed E-state index contributed by atoms with van der Waals surface area (Å²) in [6, 6.07) is 3.75. The fourth-order valence-corrected chi connectivity index (χ4v) is 1.88. The highest BCUT2D eigenvalue weighted by atomic mass is 16.1. The fraction of sp³-hybridized carbons (Fsp3) is 0.286. The Labute approximate surface area is 112 Å². The van der Waals surface area contributed by atoms with Gasteiger partial charge in [0.25, 0.3) is 5.91 Å². The van der Waals surface area contributed by atoms with Crippen LogP contribution in [0.1, 0.15) is 27.2 Å². The van der Waals surface area contributed by atoms with Crippen LogP contribution in [0.4, 0.5) is 11.4 Å². The second kappa shape index (κ2) is 4.76. The largest absolute Gasteiger partial charge is 0.399 e. The number of benzene rings is 1. The Hall–Kier alpha value is -2.30. The summed E-state index contributed by atoms with van der Waals surface area (Å²) in [5.41, 5.74) is 10.6. The molecular weight excluding hydrogens is 240 g/mol. The minimum atomic E-state index is -0.155. The summed E-state index contributed by atoms with van der Waals surface area (Å²) >= 11 is 0. The molecule has 0 unspecified atom stereocenters. The molecule has 2 aromatic rings. The van der Waals surface area contributed by atoms with Gasteiger partial charge in [-0.1, -0.05) is 0 Å². The van der Waals surface area contributed by atoms with E-state index < -0.39 is 0 Å². The first-order valence-corrected chi connectivity index (χ1v) is 6.07. The van der Waals surface area contributed by atoms with E-state index in [1.54, 1.807) is 10.9 Å². The molecule has 0 atom stereocenters. The van der Waals surface area contributed by atoms with Crippen molar-refractivity contribution in [2.24, 2.45) is 7.05 Å². The summed E-state index contributed by atoms with van der Waals surface area (Å²) in [6.45, 7) is 5.70. The molecule has 1 amide bonds. The van der Waals surface area contributed by atoms with Crippen molar-refractivity contribution in [3.63, 3.8) is 0 Å². The average molecular weight is 258 g/mol. The zero-order valence-corrected chi connectivity index (χ0v) is 11.6. The monoisotopic (exact) mass is 258 g/mol. The molecular formula is C14H18N4O. The molecule has 5 nitrogen and oxygen atoms in total. The second-order valence-corrected chi connectivity index (χ2v) is 4.75. The lowest BCUT2D eigenvalue weighted by molar-refractivity contribution is 0.102. The molecule has 2 rings (SSSR count). The number of nitrogens with zero attached hydrogens (tertiary/aromatic N) is 2. The Bertz CT molecular complexity index is 643. The summed E-state index contributed by atoms with van der Waals surface area (Å²) in [5.74, 6) is -0.155. The molecule has 3 N–H and O–H groups in total. The van der Waals surface area contributed by atoms with Crippen LogP contribution in [-0.2, 0) is 7.05 Å². The highest BCUT2D eigenvalue weighted by Crippen LogP contribution is 2.22. The number of anilines is 2. The van der Waals surface area contributed by atoms with Gasteiger partial charge in [-0.25, -0.2) is 0 Å². The molecule has 0 fully saturated rings. The molecule has 100 valence electrons. The first kappa shape index (κ1) is 13.1. The normalized spacial score (nSPS) is 10.5. The number of hydrogen-bond acceptors (Lipinski definition) is 3. The molecule has 0 radical (unpaired) electrons. The van der Waals surface area contributed by atoms with Gasteiger partial charge in [0.05, 0.1) is 11.8 Å². The lowest BCUT2D eigenvalue weighted by Crippen LogP contribution is -2.14. The molecule has 0 aliphatic rings. The van der Waals surface area contributed by atoms with E-state index in [9.17, 15) is 4.79 Å². The molecule has 19 heavy (non-hydrogen) atoms. The van der Waals surface area contributed by atoms with Crippen molar-refractivity contribution in [1.82, 2.24) is 9.78 Å². The van der Waals surface area contributed by atoms with Gasteiger partial charge in [-0.15, -0.1) is 0 Å². The maximum atomic E-state index is 12.2. The van der Waals surface area contributed by atoms with Gasteiger partial charge in [-0.05, 0) is 44.0 Å². The summed E-state index contributed by atoms with van der Waals surface area (Å²) in [6.07, 6.45) is 1.57. The van der Waals surface area contributed by atoms with Crippen LogP contribution in [0, 0.1) is 20.8 Å². The van der Waals surface area contributed by atoms with Gasteiger partial charge in [0.1, 0.15) is 0 Å². The molecule has 0 aliphatic heterocycles. The maximum absolute atomic E-state index is 12.2. The third-order valence-corrected chi connectivity index (χ3v) is 3.34. The summed E-state index contributed by atoms with van der Waals surface area (Å²) in [5, 5.41) is 6.97. The topological polar surface area (TPSA) is 72.9 Å². The molecule has 0 saturated carbocycles. The van der Waals surface area contributed by atoms with Crippen molar-refractivity contribution in [3.8, 4) is 0 Å². The zero-order valence-electron chi connectivity index (χ0n) is 11.6. The number of nitrogens with one attached hydrogen (secondary N) is 1. The second-order valence-electron chi connectivity index (χ2n) is 4.75. The van der Waals surface area contributed by atoms with Gasteiger partial charge in [-0.2, -0.15) is 5.10 Å². The van der Waals surface area contributed by atoms with Crippen LogP contribution in [0.3, 0.4) is 0 Å². The Kier molecular flexibility index (Phi) is 3.29. The number of nitrogen functional groups attached to an aromatic ring is 1. The van der Waals surface area contributed by atoms with Crippen LogP contribution in [-0.4, -0.2) is 15.7 Å². The molecule has 0 saturated heterocycles. The van der Waals surface area contributed by atoms with Gasteiger partial charge in [0.2, 0.25) is 0 Å². The van der Waals surface area contributed by atoms with Gasteiger partial charge in [0, 0.05) is 24.1 Å². The van der Waals surface area contributed by atoms with E-state index in [0.717, 1.165) is 28.2 Å². The summed E-state index contributed by atoms with van der Waals surface area (Å²) in [7, 11) is 1.81. The molecule has 0 bridgehead atoms. The molecule has 5 heteroatoms. The molecule has 1 aromatic heterocycles. The molecule has 0 spiro atoms. The number of aryl methyl sites for hydroxylation is 3.